The highest BCUT2D eigenvalue weighted by molar-refractivity contribution is 5.76. The molecule has 6 nitrogen and oxygen atoms in total. The van der Waals surface area contributed by atoms with Crippen molar-refractivity contribution in [2.24, 2.45) is 0 Å². The van der Waals surface area contributed by atoms with E-state index < -0.39 is 0 Å². The lowest BCUT2D eigenvalue weighted by Gasteiger charge is -2.24. The Bertz CT molecular complexity index is 502. The largest absolute Gasteiger partial charge is 0.341 e. The lowest BCUT2D eigenvalue weighted by atomic mass is 10.1. The first kappa shape index (κ1) is 15.5. The minimum absolute atomic E-state index is 0.266. The SMILES string of the molecule is CCCc1noc(CCCC(=O)N2CCC3CCC(C2)N3)n1. The summed E-state index contributed by atoms with van der Waals surface area (Å²) < 4.78 is 5.21. The van der Waals surface area contributed by atoms with Crippen molar-refractivity contribution in [3.05, 3.63) is 11.7 Å². The molecule has 0 aromatic carbocycles. The fraction of sp³-hybridized carbons (Fsp3) is 0.812. The third kappa shape index (κ3) is 3.85. The van der Waals surface area contributed by atoms with Gasteiger partial charge in [0.05, 0.1) is 0 Å². The van der Waals surface area contributed by atoms with E-state index >= 15 is 0 Å². The molecular formula is C16H26N4O2. The van der Waals surface area contributed by atoms with Crippen LogP contribution in [0.2, 0.25) is 0 Å². The average molecular weight is 306 g/mol. The van der Waals surface area contributed by atoms with Gasteiger partial charge in [-0.1, -0.05) is 12.1 Å². The number of hydrogen-bond acceptors (Lipinski definition) is 5. The van der Waals surface area contributed by atoms with Gasteiger partial charge in [0.2, 0.25) is 11.8 Å². The minimum atomic E-state index is 0.266. The Hall–Kier alpha value is -1.43. The first-order valence-corrected chi connectivity index (χ1v) is 8.60. The third-order valence-electron chi connectivity index (χ3n) is 4.64. The van der Waals surface area contributed by atoms with Crippen LogP contribution in [0.3, 0.4) is 0 Å². The van der Waals surface area contributed by atoms with Gasteiger partial charge >= 0.3 is 0 Å². The maximum atomic E-state index is 12.4. The third-order valence-corrected chi connectivity index (χ3v) is 4.64. The fourth-order valence-electron chi connectivity index (χ4n) is 3.44. The van der Waals surface area contributed by atoms with Crippen molar-refractivity contribution in [3.8, 4) is 0 Å². The van der Waals surface area contributed by atoms with Gasteiger partial charge in [-0.05, 0) is 32.1 Å². The molecule has 2 saturated heterocycles. The fourth-order valence-corrected chi connectivity index (χ4v) is 3.44. The minimum Gasteiger partial charge on any atom is -0.341 e. The number of rotatable bonds is 6. The summed E-state index contributed by atoms with van der Waals surface area (Å²) in [5.41, 5.74) is 0. The van der Waals surface area contributed by atoms with E-state index in [1.165, 1.54) is 12.8 Å². The zero-order chi connectivity index (χ0) is 15.4. The van der Waals surface area contributed by atoms with E-state index in [0.29, 0.717) is 30.8 Å². The van der Waals surface area contributed by atoms with Gasteiger partial charge in [0.1, 0.15) is 0 Å². The molecule has 2 aliphatic heterocycles. The van der Waals surface area contributed by atoms with E-state index in [2.05, 4.69) is 22.4 Å². The van der Waals surface area contributed by atoms with Crippen LogP contribution in [0.5, 0.6) is 0 Å². The summed E-state index contributed by atoms with van der Waals surface area (Å²) in [5, 5.41) is 7.55. The molecule has 0 radical (unpaired) electrons. The number of amides is 1. The van der Waals surface area contributed by atoms with E-state index in [9.17, 15) is 4.79 Å². The van der Waals surface area contributed by atoms with Crippen LogP contribution in [0.15, 0.2) is 4.52 Å². The number of carbonyl (C=O) groups excluding carboxylic acids is 1. The van der Waals surface area contributed by atoms with E-state index in [4.69, 9.17) is 4.52 Å². The Labute approximate surface area is 131 Å². The van der Waals surface area contributed by atoms with Crippen LogP contribution < -0.4 is 5.32 Å². The highest BCUT2D eigenvalue weighted by atomic mass is 16.5. The molecule has 2 aliphatic rings. The highest BCUT2D eigenvalue weighted by Crippen LogP contribution is 2.21. The number of aryl methyl sites for hydroxylation is 2. The van der Waals surface area contributed by atoms with Crippen molar-refractivity contribution in [2.45, 2.75) is 70.4 Å². The first-order chi connectivity index (χ1) is 10.7. The van der Waals surface area contributed by atoms with E-state index in [0.717, 1.165) is 44.6 Å². The van der Waals surface area contributed by atoms with Crippen molar-refractivity contribution in [1.29, 1.82) is 0 Å². The second kappa shape index (κ2) is 7.22. The zero-order valence-electron chi connectivity index (χ0n) is 13.4. The quantitative estimate of drug-likeness (QED) is 0.866. The summed E-state index contributed by atoms with van der Waals surface area (Å²) in [6, 6.07) is 1.13. The Morgan fingerprint density at radius 2 is 2.18 bits per heavy atom. The molecule has 1 aromatic heterocycles. The van der Waals surface area contributed by atoms with E-state index in [1.54, 1.807) is 0 Å². The summed E-state index contributed by atoms with van der Waals surface area (Å²) in [4.78, 5) is 18.7. The number of fused-ring (bicyclic) bond motifs is 2. The Balaban J connectivity index is 1.41. The van der Waals surface area contributed by atoms with Crippen molar-refractivity contribution in [3.63, 3.8) is 0 Å². The molecule has 0 saturated carbocycles. The molecule has 2 unspecified atom stereocenters. The van der Waals surface area contributed by atoms with Crippen molar-refractivity contribution >= 4 is 5.91 Å². The summed E-state index contributed by atoms with van der Waals surface area (Å²) >= 11 is 0. The van der Waals surface area contributed by atoms with Gasteiger partial charge in [-0.25, -0.2) is 0 Å². The van der Waals surface area contributed by atoms with E-state index in [1.807, 2.05) is 4.90 Å². The summed E-state index contributed by atoms with van der Waals surface area (Å²) in [5.74, 6) is 1.70. The van der Waals surface area contributed by atoms with Gasteiger partial charge in [0, 0.05) is 44.4 Å². The highest BCUT2D eigenvalue weighted by Gasteiger charge is 2.30. The molecule has 1 aromatic rings. The number of aromatic nitrogens is 2. The van der Waals surface area contributed by atoms with Gasteiger partial charge in [-0.2, -0.15) is 4.98 Å². The molecule has 2 fully saturated rings. The van der Waals surface area contributed by atoms with Crippen LogP contribution >= 0.6 is 0 Å². The molecular weight excluding hydrogens is 280 g/mol. The monoisotopic (exact) mass is 306 g/mol. The lowest BCUT2D eigenvalue weighted by Crippen LogP contribution is -2.38. The van der Waals surface area contributed by atoms with Crippen LogP contribution in [-0.2, 0) is 17.6 Å². The first-order valence-electron chi connectivity index (χ1n) is 8.60. The molecule has 2 bridgehead atoms. The van der Waals surface area contributed by atoms with Crippen LogP contribution in [0.25, 0.3) is 0 Å². The Morgan fingerprint density at radius 1 is 1.32 bits per heavy atom. The van der Waals surface area contributed by atoms with Gasteiger partial charge in [-0.3, -0.25) is 4.79 Å². The normalized spacial score (nSPS) is 24.5. The maximum absolute atomic E-state index is 12.4. The topological polar surface area (TPSA) is 71.3 Å². The van der Waals surface area contributed by atoms with Crippen LogP contribution in [0.1, 0.15) is 57.2 Å². The zero-order valence-corrected chi connectivity index (χ0v) is 13.4. The lowest BCUT2D eigenvalue weighted by molar-refractivity contribution is -0.131. The molecule has 1 amide bonds. The van der Waals surface area contributed by atoms with Crippen molar-refractivity contribution in [1.82, 2.24) is 20.4 Å². The molecule has 6 heteroatoms. The molecule has 3 rings (SSSR count). The number of nitrogens with zero attached hydrogens (tertiary/aromatic N) is 3. The predicted molar refractivity (Wildman–Crippen MR) is 82.4 cm³/mol. The second-order valence-corrected chi connectivity index (χ2v) is 6.47. The number of hydrogen-bond donors (Lipinski definition) is 1. The van der Waals surface area contributed by atoms with Gasteiger partial charge in [0.25, 0.3) is 0 Å². The predicted octanol–water partition coefficient (Wildman–Crippen LogP) is 1.70. The molecule has 22 heavy (non-hydrogen) atoms. The average Bonchev–Trinajstić information content (AvgIpc) is 3.06. The van der Waals surface area contributed by atoms with E-state index in [-0.39, 0.29) is 5.91 Å². The molecule has 0 spiro atoms. The summed E-state index contributed by atoms with van der Waals surface area (Å²) in [7, 11) is 0. The summed E-state index contributed by atoms with van der Waals surface area (Å²) in [6.45, 7) is 3.86. The molecule has 122 valence electrons. The summed E-state index contributed by atoms with van der Waals surface area (Å²) in [6.07, 6.45) is 7.48. The number of nitrogens with one attached hydrogen (secondary N) is 1. The maximum Gasteiger partial charge on any atom is 0.226 e. The smallest absolute Gasteiger partial charge is 0.226 e. The molecule has 3 heterocycles. The molecule has 0 aliphatic carbocycles. The van der Waals surface area contributed by atoms with Crippen LogP contribution in [0.4, 0.5) is 0 Å². The molecule has 1 N–H and O–H groups in total. The number of likely N-dealkylation sites (tertiary alicyclic amines) is 1. The standard InChI is InChI=1S/C16H26N4O2/c1-2-4-14-18-15(22-19-14)5-3-6-16(21)20-10-9-12-7-8-13(11-20)17-12/h12-13,17H,2-11H2,1H3. The number of carbonyl (C=O) groups is 1. The molecule has 2 atom stereocenters. The van der Waals surface area contributed by atoms with Gasteiger partial charge < -0.3 is 14.7 Å². The van der Waals surface area contributed by atoms with Crippen LogP contribution in [0, 0.1) is 0 Å². The van der Waals surface area contributed by atoms with Crippen LogP contribution in [-0.4, -0.2) is 46.1 Å². The van der Waals surface area contributed by atoms with Crippen molar-refractivity contribution < 1.29 is 9.32 Å². The van der Waals surface area contributed by atoms with Gasteiger partial charge in [-0.15, -0.1) is 0 Å². The Morgan fingerprint density at radius 3 is 3.05 bits per heavy atom. The van der Waals surface area contributed by atoms with Crippen molar-refractivity contribution in [2.75, 3.05) is 13.1 Å². The van der Waals surface area contributed by atoms with Gasteiger partial charge in [0.15, 0.2) is 5.82 Å². The second-order valence-electron chi connectivity index (χ2n) is 6.47. The Kier molecular flexibility index (Phi) is 5.08.